The molecule has 5 nitrogen and oxygen atoms in total. The smallest absolute Gasteiger partial charge is 0.207 e. The van der Waals surface area contributed by atoms with Gasteiger partial charge in [0.25, 0.3) is 0 Å². The van der Waals surface area contributed by atoms with E-state index in [2.05, 4.69) is 17.5 Å². The second kappa shape index (κ2) is 4.69. The molecule has 1 fully saturated rings. The van der Waals surface area contributed by atoms with Crippen molar-refractivity contribution in [2.24, 2.45) is 0 Å². The Morgan fingerprint density at radius 2 is 2.39 bits per heavy atom. The first kappa shape index (κ1) is 13.6. The maximum Gasteiger partial charge on any atom is 0.207 e. The Labute approximate surface area is 108 Å². The Morgan fingerprint density at radius 3 is 2.94 bits per heavy atom. The van der Waals surface area contributed by atoms with Gasteiger partial charge in [-0.1, -0.05) is 12.2 Å². The molecule has 0 aromatic rings. The average Bonchev–Trinajstić information content (AvgIpc) is 2.59. The molecule has 8 heteroatoms. The Kier molecular flexibility index (Phi) is 3.54. The summed E-state index contributed by atoms with van der Waals surface area (Å²) in [7, 11) is 0. The molecule has 18 heavy (non-hydrogen) atoms. The largest absolute Gasteiger partial charge is 0.394 e. The Bertz CT molecular complexity index is 391. The number of rotatable bonds is 2. The fourth-order valence-electron chi connectivity index (χ4n) is 2.12. The van der Waals surface area contributed by atoms with Gasteiger partial charge in [0.2, 0.25) is 6.35 Å². The van der Waals surface area contributed by atoms with Crippen LogP contribution in [0.4, 0.5) is 8.78 Å². The van der Waals surface area contributed by atoms with Crippen molar-refractivity contribution in [3.8, 4) is 0 Å². The van der Waals surface area contributed by atoms with E-state index in [4.69, 9.17) is 9.84 Å². The second-order valence-corrected chi connectivity index (χ2v) is 4.95. The van der Waals surface area contributed by atoms with Crippen LogP contribution in [0.15, 0.2) is 12.0 Å². The van der Waals surface area contributed by atoms with E-state index in [1.54, 1.807) is 0 Å². The van der Waals surface area contributed by atoms with Gasteiger partial charge < -0.3 is 25.2 Å². The molecule has 2 aliphatic rings. The summed E-state index contributed by atoms with van der Waals surface area (Å²) in [6.07, 6.45) is -2.36. The molecule has 0 aromatic heterocycles. The first-order chi connectivity index (χ1) is 8.35. The molecule has 0 saturated carbocycles. The van der Waals surface area contributed by atoms with Gasteiger partial charge in [-0.2, -0.15) is 0 Å². The van der Waals surface area contributed by atoms with Crippen LogP contribution in [0.5, 0.6) is 0 Å². The van der Waals surface area contributed by atoms with Crippen LogP contribution >= 0.6 is 12.2 Å². The monoisotopic (exact) mass is 280 g/mol. The highest BCUT2D eigenvalue weighted by atomic mass is 32.1. The summed E-state index contributed by atoms with van der Waals surface area (Å²) >= 11 is 4.62. The van der Waals surface area contributed by atoms with Gasteiger partial charge in [-0.25, -0.2) is 8.78 Å². The van der Waals surface area contributed by atoms with Crippen LogP contribution in [0.2, 0.25) is 0 Å². The summed E-state index contributed by atoms with van der Waals surface area (Å²) in [6.45, 7) is 0.941. The second-order valence-electron chi connectivity index (χ2n) is 4.55. The van der Waals surface area contributed by atoms with Crippen LogP contribution in [0.3, 0.4) is 0 Å². The number of alkyl halides is 1. The minimum atomic E-state index is -1.81. The molecule has 2 rings (SSSR count). The zero-order valence-corrected chi connectivity index (χ0v) is 10.5. The van der Waals surface area contributed by atoms with Crippen molar-refractivity contribution >= 4 is 17.2 Å². The quantitative estimate of drug-likeness (QED) is 0.625. The van der Waals surface area contributed by atoms with Crippen molar-refractivity contribution in [3.63, 3.8) is 0 Å². The maximum atomic E-state index is 14.3. The van der Waals surface area contributed by atoms with Crippen molar-refractivity contribution in [1.82, 2.24) is 10.2 Å². The third kappa shape index (κ3) is 2.33. The predicted octanol–water partition coefficient (Wildman–Crippen LogP) is 0.141. The van der Waals surface area contributed by atoms with Gasteiger partial charge in [0.05, 0.1) is 12.7 Å². The van der Waals surface area contributed by atoms with Gasteiger partial charge in [-0.15, -0.1) is 0 Å². The number of hydrogen-bond acceptors (Lipinski definition) is 5. The van der Waals surface area contributed by atoms with E-state index in [-0.39, 0.29) is 18.0 Å². The molecule has 0 aliphatic carbocycles. The zero-order chi connectivity index (χ0) is 13.5. The lowest BCUT2D eigenvalue weighted by Gasteiger charge is -2.38. The van der Waals surface area contributed by atoms with Crippen molar-refractivity contribution in [3.05, 3.63) is 12.0 Å². The molecule has 102 valence electrons. The van der Waals surface area contributed by atoms with E-state index >= 15 is 0 Å². The van der Waals surface area contributed by atoms with Crippen LogP contribution in [0.25, 0.3) is 0 Å². The summed E-state index contributed by atoms with van der Waals surface area (Å²) in [5.74, 6) is -0.776. The van der Waals surface area contributed by atoms with Gasteiger partial charge in [-0.3, -0.25) is 0 Å². The SMILES string of the molecule is CC1(F)C[C@@H](CO)O[C@H]1N1C=C(F)C(=S)NC1O. The molecule has 0 amide bonds. The molecular formula is C10H14F2N2O3S. The number of aliphatic hydroxyl groups is 2. The highest BCUT2D eigenvalue weighted by molar-refractivity contribution is 7.80. The number of hydrogen-bond donors (Lipinski definition) is 3. The third-order valence-corrected chi connectivity index (χ3v) is 3.27. The molecule has 0 bridgehead atoms. The predicted molar refractivity (Wildman–Crippen MR) is 62.6 cm³/mol. The van der Waals surface area contributed by atoms with Gasteiger partial charge in [0, 0.05) is 12.6 Å². The Balaban J connectivity index is 2.23. The van der Waals surface area contributed by atoms with Gasteiger partial charge >= 0.3 is 0 Å². The van der Waals surface area contributed by atoms with Crippen molar-refractivity contribution in [1.29, 1.82) is 0 Å². The summed E-state index contributed by atoms with van der Waals surface area (Å²) < 4.78 is 32.9. The number of nitrogens with zero attached hydrogens (tertiary/aromatic N) is 1. The van der Waals surface area contributed by atoms with Crippen molar-refractivity contribution in [2.75, 3.05) is 6.61 Å². The molecule has 0 aromatic carbocycles. The number of nitrogens with one attached hydrogen (secondary N) is 1. The van der Waals surface area contributed by atoms with Crippen LogP contribution in [-0.4, -0.2) is 51.1 Å². The van der Waals surface area contributed by atoms with Gasteiger partial charge in [-0.05, 0) is 6.92 Å². The molecule has 2 unspecified atom stereocenters. The molecule has 0 spiro atoms. The van der Waals surface area contributed by atoms with Crippen molar-refractivity contribution < 1.29 is 23.7 Å². The lowest BCUT2D eigenvalue weighted by Crippen LogP contribution is -2.57. The van der Waals surface area contributed by atoms with Crippen molar-refractivity contribution in [2.45, 2.75) is 37.7 Å². The minimum absolute atomic E-state index is 0.0305. The number of ether oxygens (including phenoxy) is 1. The molecule has 1 saturated heterocycles. The molecule has 2 aliphatic heterocycles. The highest BCUT2D eigenvalue weighted by Crippen LogP contribution is 2.37. The van der Waals surface area contributed by atoms with Crippen LogP contribution < -0.4 is 5.32 Å². The normalized spacial score (nSPS) is 40.7. The Hall–Kier alpha value is -0.830. The van der Waals surface area contributed by atoms with Gasteiger partial charge in [0.1, 0.15) is 4.99 Å². The molecule has 4 atom stereocenters. The fraction of sp³-hybridized carbons (Fsp3) is 0.700. The van der Waals surface area contributed by atoms with E-state index in [0.717, 1.165) is 11.1 Å². The number of thiocarbonyl (C=S) groups is 1. The van der Waals surface area contributed by atoms with Crippen LogP contribution in [0, 0.1) is 0 Å². The fourth-order valence-corrected chi connectivity index (χ4v) is 2.28. The average molecular weight is 280 g/mol. The molecule has 2 heterocycles. The topological polar surface area (TPSA) is 65.0 Å². The van der Waals surface area contributed by atoms with Gasteiger partial charge in [0.15, 0.2) is 17.7 Å². The van der Waals surface area contributed by atoms with E-state index < -0.39 is 30.2 Å². The molecule has 0 radical (unpaired) electrons. The van der Waals surface area contributed by atoms with E-state index in [9.17, 15) is 13.9 Å². The summed E-state index contributed by atoms with van der Waals surface area (Å²) in [5, 5.41) is 21.0. The zero-order valence-electron chi connectivity index (χ0n) is 9.64. The van der Waals surface area contributed by atoms with Crippen LogP contribution in [-0.2, 0) is 4.74 Å². The lowest BCUT2D eigenvalue weighted by molar-refractivity contribution is -0.145. The van der Waals surface area contributed by atoms with E-state index in [1.165, 1.54) is 6.92 Å². The van der Waals surface area contributed by atoms with Crippen LogP contribution in [0.1, 0.15) is 13.3 Å². The minimum Gasteiger partial charge on any atom is -0.394 e. The van der Waals surface area contributed by atoms with E-state index in [1.807, 2.05) is 0 Å². The third-order valence-electron chi connectivity index (χ3n) is 2.96. The maximum absolute atomic E-state index is 14.3. The molecular weight excluding hydrogens is 266 g/mol. The first-order valence-corrected chi connectivity index (χ1v) is 5.85. The highest BCUT2D eigenvalue weighted by Gasteiger charge is 2.50. The van der Waals surface area contributed by atoms with E-state index in [0.29, 0.717) is 0 Å². The molecule has 3 N–H and O–H groups in total. The first-order valence-electron chi connectivity index (χ1n) is 5.44. The lowest BCUT2D eigenvalue weighted by atomic mass is 10.0. The summed E-state index contributed by atoms with van der Waals surface area (Å²) in [5.41, 5.74) is -1.81. The summed E-state index contributed by atoms with van der Waals surface area (Å²) in [6, 6.07) is 0. The summed E-state index contributed by atoms with van der Waals surface area (Å²) in [4.78, 5) is 0.733. The number of aliphatic hydroxyl groups excluding tert-OH is 2. The number of halogens is 2. The Morgan fingerprint density at radius 1 is 1.72 bits per heavy atom. The standard InChI is InChI=1S/C10H14F2N2O3S/c1-10(12)2-5(4-15)17-8(10)14-3-6(11)7(18)13-9(14)16/h3,5,8-9,15-16H,2,4H2,1H3,(H,13,18)/t5-,8+,9?,10?/m0/s1.